The highest BCUT2D eigenvalue weighted by atomic mass is 32.2. The Bertz CT molecular complexity index is 764. The molecule has 0 aliphatic carbocycles. The smallest absolute Gasteiger partial charge is 0.238 e. The van der Waals surface area contributed by atoms with Crippen LogP contribution in [0.4, 0.5) is 5.69 Å². The van der Waals surface area contributed by atoms with Crippen molar-refractivity contribution in [1.29, 1.82) is 0 Å². The summed E-state index contributed by atoms with van der Waals surface area (Å²) in [4.78, 5) is 2.67. The van der Waals surface area contributed by atoms with Gasteiger partial charge in [0.25, 0.3) is 0 Å². The molecular weight excluding hydrogens is 304 g/mol. The second-order valence-corrected chi connectivity index (χ2v) is 8.28. The Balaban J connectivity index is 2.33. The Morgan fingerprint density at radius 1 is 1.19 bits per heavy atom. The van der Waals surface area contributed by atoms with Crippen molar-refractivity contribution in [3.05, 3.63) is 45.1 Å². The number of nitrogens with one attached hydrogen (secondary N) is 1. The molecular formula is C15H20N2O2S2. The Kier molecular flexibility index (Phi) is 4.41. The van der Waals surface area contributed by atoms with Crippen LogP contribution in [-0.2, 0) is 10.0 Å². The first-order valence-corrected chi connectivity index (χ1v) is 9.01. The van der Waals surface area contributed by atoms with E-state index in [0.717, 1.165) is 11.3 Å². The van der Waals surface area contributed by atoms with Crippen LogP contribution in [-0.4, -0.2) is 8.42 Å². The SMILES string of the molecule is Cc1cc(C(C)Nc2cc(S(N)(=O)=O)ccc2C)c(C)s1. The van der Waals surface area contributed by atoms with Crippen LogP contribution in [0.25, 0.3) is 0 Å². The Labute approximate surface area is 130 Å². The lowest BCUT2D eigenvalue weighted by Gasteiger charge is -2.18. The summed E-state index contributed by atoms with van der Waals surface area (Å²) in [6, 6.07) is 7.15. The van der Waals surface area contributed by atoms with Crippen molar-refractivity contribution >= 4 is 27.0 Å². The van der Waals surface area contributed by atoms with Crippen LogP contribution in [0.2, 0.25) is 0 Å². The van der Waals surface area contributed by atoms with Gasteiger partial charge in [0.15, 0.2) is 0 Å². The van der Waals surface area contributed by atoms with E-state index in [1.54, 1.807) is 23.5 Å². The zero-order valence-electron chi connectivity index (χ0n) is 12.6. The van der Waals surface area contributed by atoms with E-state index in [0.29, 0.717) is 0 Å². The predicted octanol–water partition coefficient (Wildman–Crippen LogP) is 3.49. The van der Waals surface area contributed by atoms with Gasteiger partial charge in [0.1, 0.15) is 0 Å². The standard InChI is InChI=1S/C15H20N2O2S2/c1-9-5-6-13(21(16,18)19)8-15(9)17-11(3)14-7-10(2)20-12(14)4/h5-8,11,17H,1-4H3,(H2,16,18,19). The number of aryl methyl sites for hydroxylation is 3. The van der Waals surface area contributed by atoms with Crippen molar-refractivity contribution in [1.82, 2.24) is 0 Å². The van der Waals surface area contributed by atoms with Gasteiger partial charge in [0, 0.05) is 21.5 Å². The molecule has 0 fully saturated rings. The number of benzene rings is 1. The van der Waals surface area contributed by atoms with Crippen molar-refractivity contribution in [2.45, 2.75) is 38.6 Å². The van der Waals surface area contributed by atoms with Crippen LogP contribution in [0.15, 0.2) is 29.2 Å². The number of anilines is 1. The lowest BCUT2D eigenvalue weighted by Crippen LogP contribution is -2.14. The van der Waals surface area contributed by atoms with E-state index in [1.807, 2.05) is 6.92 Å². The number of sulfonamides is 1. The topological polar surface area (TPSA) is 72.2 Å². The molecule has 1 aromatic heterocycles. The van der Waals surface area contributed by atoms with Gasteiger partial charge >= 0.3 is 0 Å². The van der Waals surface area contributed by atoms with Gasteiger partial charge in [-0.2, -0.15) is 0 Å². The number of hydrogen-bond acceptors (Lipinski definition) is 4. The molecule has 6 heteroatoms. The summed E-state index contributed by atoms with van der Waals surface area (Å²) in [5, 5.41) is 8.57. The first kappa shape index (κ1) is 16.0. The minimum absolute atomic E-state index is 0.101. The number of thiophene rings is 1. The maximum Gasteiger partial charge on any atom is 0.238 e. The minimum Gasteiger partial charge on any atom is -0.378 e. The average molecular weight is 324 g/mol. The number of nitrogens with two attached hydrogens (primary N) is 1. The molecule has 21 heavy (non-hydrogen) atoms. The molecule has 1 aromatic carbocycles. The molecule has 1 unspecified atom stereocenters. The van der Waals surface area contributed by atoms with E-state index >= 15 is 0 Å². The fourth-order valence-corrected chi connectivity index (χ4v) is 3.89. The van der Waals surface area contributed by atoms with Crippen LogP contribution >= 0.6 is 11.3 Å². The first-order chi connectivity index (χ1) is 9.68. The Morgan fingerprint density at radius 2 is 1.86 bits per heavy atom. The molecule has 114 valence electrons. The van der Waals surface area contributed by atoms with E-state index in [4.69, 9.17) is 5.14 Å². The average Bonchev–Trinajstić information content (AvgIpc) is 2.70. The molecule has 0 aliphatic heterocycles. The molecule has 2 rings (SSSR count). The van der Waals surface area contributed by atoms with Crippen molar-refractivity contribution in [3.8, 4) is 0 Å². The second-order valence-electron chi connectivity index (χ2n) is 5.26. The van der Waals surface area contributed by atoms with E-state index in [2.05, 4.69) is 32.2 Å². The highest BCUT2D eigenvalue weighted by molar-refractivity contribution is 7.89. The van der Waals surface area contributed by atoms with Crippen molar-refractivity contribution in [3.63, 3.8) is 0 Å². The van der Waals surface area contributed by atoms with Gasteiger partial charge in [-0.25, -0.2) is 13.6 Å². The highest BCUT2D eigenvalue weighted by Gasteiger charge is 2.14. The monoisotopic (exact) mass is 324 g/mol. The maximum absolute atomic E-state index is 11.5. The van der Waals surface area contributed by atoms with Crippen molar-refractivity contribution in [2.75, 3.05) is 5.32 Å². The van der Waals surface area contributed by atoms with Crippen molar-refractivity contribution in [2.24, 2.45) is 5.14 Å². The summed E-state index contributed by atoms with van der Waals surface area (Å²) >= 11 is 1.76. The molecule has 2 aromatic rings. The minimum atomic E-state index is -3.68. The summed E-state index contributed by atoms with van der Waals surface area (Å²) < 4.78 is 22.9. The molecule has 0 radical (unpaired) electrons. The van der Waals surface area contributed by atoms with Gasteiger partial charge in [0.05, 0.1) is 4.90 Å². The molecule has 4 nitrogen and oxygen atoms in total. The maximum atomic E-state index is 11.5. The van der Waals surface area contributed by atoms with Gasteiger partial charge in [-0.3, -0.25) is 0 Å². The molecule has 3 N–H and O–H groups in total. The van der Waals surface area contributed by atoms with E-state index in [-0.39, 0.29) is 10.9 Å². The third-order valence-corrected chi connectivity index (χ3v) is 5.35. The first-order valence-electron chi connectivity index (χ1n) is 6.65. The number of rotatable bonds is 4. The van der Waals surface area contributed by atoms with Crippen LogP contribution < -0.4 is 10.5 Å². The molecule has 1 heterocycles. The van der Waals surface area contributed by atoms with E-state index < -0.39 is 10.0 Å². The second kappa shape index (κ2) is 5.79. The van der Waals surface area contributed by atoms with E-state index in [9.17, 15) is 8.42 Å². The summed E-state index contributed by atoms with van der Waals surface area (Å²) in [5.74, 6) is 0. The summed E-state index contributed by atoms with van der Waals surface area (Å²) in [6.07, 6.45) is 0. The van der Waals surface area contributed by atoms with Crippen LogP contribution in [0, 0.1) is 20.8 Å². The summed E-state index contributed by atoms with van der Waals surface area (Å²) in [7, 11) is -3.68. The third kappa shape index (κ3) is 3.64. The number of primary sulfonamides is 1. The zero-order valence-corrected chi connectivity index (χ0v) is 14.2. The Hall–Kier alpha value is -1.37. The normalized spacial score (nSPS) is 13.2. The fraction of sp³-hybridized carbons (Fsp3) is 0.333. The van der Waals surface area contributed by atoms with Crippen LogP contribution in [0.1, 0.15) is 33.8 Å². The van der Waals surface area contributed by atoms with Gasteiger partial charge < -0.3 is 5.32 Å². The largest absolute Gasteiger partial charge is 0.378 e. The molecule has 0 amide bonds. The zero-order chi connectivity index (χ0) is 15.8. The summed E-state index contributed by atoms with van der Waals surface area (Å²) in [6.45, 7) is 8.19. The van der Waals surface area contributed by atoms with Gasteiger partial charge in [-0.15, -0.1) is 11.3 Å². The highest BCUT2D eigenvalue weighted by Crippen LogP contribution is 2.30. The molecule has 0 saturated heterocycles. The fourth-order valence-electron chi connectivity index (χ4n) is 2.32. The third-order valence-electron chi connectivity index (χ3n) is 3.46. The lowest BCUT2D eigenvalue weighted by molar-refractivity contribution is 0.598. The lowest BCUT2D eigenvalue weighted by atomic mass is 10.1. The van der Waals surface area contributed by atoms with Gasteiger partial charge in [-0.05, 0) is 57.0 Å². The quantitative estimate of drug-likeness (QED) is 0.904. The van der Waals surface area contributed by atoms with Crippen LogP contribution in [0.5, 0.6) is 0 Å². The van der Waals surface area contributed by atoms with Gasteiger partial charge in [0.2, 0.25) is 10.0 Å². The molecule has 0 aliphatic rings. The van der Waals surface area contributed by atoms with E-state index in [1.165, 1.54) is 21.4 Å². The molecule has 0 saturated carbocycles. The predicted molar refractivity (Wildman–Crippen MR) is 88.4 cm³/mol. The molecule has 0 bridgehead atoms. The van der Waals surface area contributed by atoms with Crippen LogP contribution in [0.3, 0.4) is 0 Å². The molecule has 0 spiro atoms. The number of hydrogen-bond donors (Lipinski definition) is 2. The Morgan fingerprint density at radius 3 is 2.38 bits per heavy atom. The molecule has 1 atom stereocenters. The van der Waals surface area contributed by atoms with Crippen molar-refractivity contribution < 1.29 is 8.42 Å². The van der Waals surface area contributed by atoms with Gasteiger partial charge in [-0.1, -0.05) is 6.07 Å². The summed E-state index contributed by atoms with van der Waals surface area (Å²) in [5.41, 5.74) is 3.01.